The molecule has 2 heteroatoms. The van der Waals surface area contributed by atoms with E-state index in [-0.39, 0.29) is 0 Å². The number of rotatable bonds is 7. The van der Waals surface area contributed by atoms with Gasteiger partial charge in [-0.2, -0.15) is 0 Å². The molecule has 58 heavy (non-hydrogen) atoms. The molecule has 0 fully saturated rings. The summed E-state index contributed by atoms with van der Waals surface area (Å²) in [7, 11) is 0. The van der Waals surface area contributed by atoms with Crippen LogP contribution in [0.5, 0.6) is 0 Å². The molecule has 0 N–H and O–H groups in total. The predicted octanol–water partition coefficient (Wildman–Crippen LogP) is 16.0. The Hall–Kier alpha value is -7.68. The van der Waals surface area contributed by atoms with Crippen molar-refractivity contribution in [3.63, 3.8) is 0 Å². The number of anilines is 3. The lowest BCUT2D eigenvalue weighted by Crippen LogP contribution is -2.12. The maximum atomic E-state index is 6.41. The third kappa shape index (κ3) is 5.66. The van der Waals surface area contributed by atoms with Crippen LogP contribution in [-0.2, 0) is 0 Å². The Balaban J connectivity index is 1.14. The van der Waals surface area contributed by atoms with Crippen LogP contribution in [0.1, 0.15) is 0 Å². The van der Waals surface area contributed by atoms with Crippen molar-refractivity contribution in [1.82, 2.24) is 0 Å². The van der Waals surface area contributed by atoms with Crippen molar-refractivity contribution in [2.24, 2.45) is 0 Å². The maximum absolute atomic E-state index is 6.41. The zero-order valence-electron chi connectivity index (χ0n) is 31.7. The topological polar surface area (TPSA) is 16.4 Å². The van der Waals surface area contributed by atoms with Gasteiger partial charge in [-0.3, -0.25) is 0 Å². The fourth-order valence-electron chi connectivity index (χ4n) is 8.87. The molecule has 0 aliphatic heterocycles. The number of nitrogens with zero attached hydrogens (tertiary/aromatic N) is 1. The minimum atomic E-state index is 0.879. The van der Waals surface area contributed by atoms with Crippen molar-refractivity contribution in [1.29, 1.82) is 0 Å². The first-order chi connectivity index (χ1) is 28.8. The van der Waals surface area contributed by atoms with E-state index in [4.69, 9.17) is 4.42 Å². The second kappa shape index (κ2) is 14.1. The lowest BCUT2D eigenvalue weighted by molar-refractivity contribution is 0.669. The first kappa shape index (κ1) is 33.6. The summed E-state index contributed by atoms with van der Waals surface area (Å²) in [5, 5.41) is 7.27. The largest absolute Gasteiger partial charge is 0.456 e. The molecule has 11 rings (SSSR count). The standard InChI is InChI=1S/C56H37NO/c1-2-16-38(17-3-1)42-20-6-7-21-46(42)48-22-8-11-28-52(48)57(53-29-12-9-23-49(53)50-27-15-31-55-56(50)51-24-10-13-30-54(51)58-55)41-35-32-40(33-36-41)44-25-14-26-45-43-19-5-4-18-39(43)34-37-47(44)45/h1-37H. The summed E-state index contributed by atoms with van der Waals surface area (Å²) in [6.07, 6.45) is 0. The van der Waals surface area contributed by atoms with E-state index in [9.17, 15) is 0 Å². The highest BCUT2D eigenvalue weighted by Crippen LogP contribution is 2.48. The van der Waals surface area contributed by atoms with Gasteiger partial charge < -0.3 is 9.32 Å². The van der Waals surface area contributed by atoms with Crippen LogP contribution in [-0.4, -0.2) is 0 Å². The molecule has 0 atom stereocenters. The average molecular weight is 740 g/mol. The van der Waals surface area contributed by atoms with Gasteiger partial charge >= 0.3 is 0 Å². The van der Waals surface area contributed by atoms with Crippen LogP contribution in [0.4, 0.5) is 17.1 Å². The molecule has 0 saturated carbocycles. The molecular formula is C56H37NO. The first-order valence-corrected chi connectivity index (χ1v) is 19.8. The molecule has 0 bridgehead atoms. The molecular weight excluding hydrogens is 703 g/mol. The SMILES string of the molecule is c1ccc(-c2ccccc2-c2ccccc2N(c2ccc(-c3cccc4c3ccc3ccccc34)cc2)c2ccccc2-c2cccc3oc4ccccc4c23)cc1. The summed E-state index contributed by atoms with van der Waals surface area (Å²) in [6.45, 7) is 0. The summed E-state index contributed by atoms with van der Waals surface area (Å²) < 4.78 is 6.41. The normalized spacial score (nSPS) is 11.4. The van der Waals surface area contributed by atoms with E-state index >= 15 is 0 Å². The minimum absolute atomic E-state index is 0.879. The van der Waals surface area contributed by atoms with Gasteiger partial charge in [0.05, 0.1) is 11.4 Å². The van der Waals surface area contributed by atoms with Gasteiger partial charge in [0.1, 0.15) is 11.2 Å². The Bertz CT molecular complexity index is 3290. The average Bonchev–Trinajstić information content (AvgIpc) is 3.69. The third-order valence-corrected chi connectivity index (χ3v) is 11.5. The Morgan fingerprint density at radius 3 is 1.60 bits per heavy atom. The van der Waals surface area contributed by atoms with E-state index < -0.39 is 0 Å². The second-order valence-corrected chi connectivity index (χ2v) is 14.8. The minimum Gasteiger partial charge on any atom is -0.456 e. The predicted molar refractivity (Wildman–Crippen MR) is 245 cm³/mol. The highest BCUT2D eigenvalue weighted by molar-refractivity contribution is 6.14. The van der Waals surface area contributed by atoms with E-state index in [1.807, 2.05) is 6.07 Å². The van der Waals surface area contributed by atoms with Crippen molar-refractivity contribution in [3.8, 4) is 44.5 Å². The molecule has 0 radical (unpaired) electrons. The van der Waals surface area contributed by atoms with Gasteiger partial charge in [0, 0.05) is 27.6 Å². The summed E-state index contributed by atoms with van der Waals surface area (Å²) in [5.74, 6) is 0. The molecule has 0 unspecified atom stereocenters. The van der Waals surface area contributed by atoms with Gasteiger partial charge in [0.15, 0.2) is 0 Å². The molecule has 1 heterocycles. The fraction of sp³-hybridized carbons (Fsp3) is 0. The summed E-state index contributed by atoms with van der Waals surface area (Å²) in [4.78, 5) is 2.44. The van der Waals surface area contributed by atoms with Gasteiger partial charge in [0.25, 0.3) is 0 Å². The van der Waals surface area contributed by atoms with Crippen LogP contribution in [0.2, 0.25) is 0 Å². The Labute approximate surface area is 337 Å². The van der Waals surface area contributed by atoms with Gasteiger partial charge in [-0.25, -0.2) is 0 Å². The van der Waals surface area contributed by atoms with E-state index in [2.05, 4.69) is 223 Å². The quantitative estimate of drug-likeness (QED) is 0.151. The van der Waals surface area contributed by atoms with Crippen LogP contribution in [0.15, 0.2) is 229 Å². The number of hydrogen-bond donors (Lipinski definition) is 0. The number of benzene rings is 10. The van der Waals surface area contributed by atoms with Gasteiger partial charge in [-0.05, 0) is 91.3 Å². The maximum Gasteiger partial charge on any atom is 0.136 e. The van der Waals surface area contributed by atoms with Crippen LogP contribution in [0.25, 0.3) is 88.0 Å². The zero-order valence-corrected chi connectivity index (χ0v) is 31.7. The van der Waals surface area contributed by atoms with Crippen LogP contribution in [0, 0.1) is 0 Å². The zero-order chi connectivity index (χ0) is 38.4. The number of hydrogen-bond acceptors (Lipinski definition) is 2. The molecule has 0 saturated heterocycles. The second-order valence-electron chi connectivity index (χ2n) is 14.8. The van der Waals surface area contributed by atoms with Crippen molar-refractivity contribution in [3.05, 3.63) is 224 Å². The van der Waals surface area contributed by atoms with Crippen LogP contribution >= 0.6 is 0 Å². The number of furan rings is 1. The smallest absolute Gasteiger partial charge is 0.136 e. The molecule has 1 aromatic heterocycles. The highest BCUT2D eigenvalue weighted by atomic mass is 16.3. The van der Waals surface area contributed by atoms with Gasteiger partial charge in [0.2, 0.25) is 0 Å². The molecule has 11 aromatic rings. The van der Waals surface area contributed by atoms with Crippen molar-refractivity contribution >= 4 is 60.5 Å². The van der Waals surface area contributed by atoms with E-state index in [0.29, 0.717) is 0 Å². The van der Waals surface area contributed by atoms with Gasteiger partial charge in [-0.1, -0.05) is 188 Å². The highest BCUT2D eigenvalue weighted by Gasteiger charge is 2.23. The number of para-hydroxylation sites is 3. The van der Waals surface area contributed by atoms with Gasteiger partial charge in [-0.15, -0.1) is 0 Å². The van der Waals surface area contributed by atoms with E-state index in [1.54, 1.807) is 0 Å². The van der Waals surface area contributed by atoms with Crippen LogP contribution in [0.3, 0.4) is 0 Å². The molecule has 10 aromatic carbocycles. The Morgan fingerprint density at radius 1 is 0.276 bits per heavy atom. The molecule has 272 valence electrons. The van der Waals surface area contributed by atoms with Crippen molar-refractivity contribution < 1.29 is 4.42 Å². The molecule has 0 amide bonds. The lowest BCUT2D eigenvalue weighted by atomic mass is 9.92. The van der Waals surface area contributed by atoms with E-state index in [1.165, 1.54) is 49.4 Å². The fourth-order valence-corrected chi connectivity index (χ4v) is 8.87. The summed E-state index contributed by atoms with van der Waals surface area (Å²) >= 11 is 0. The Kier molecular flexibility index (Phi) is 8.19. The first-order valence-electron chi connectivity index (χ1n) is 19.8. The Morgan fingerprint density at radius 2 is 0.810 bits per heavy atom. The number of fused-ring (bicyclic) bond motifs is 6. The lowest BCUT2D eigenvalue weighted by Gasteiger charge is -2.30. The molecule has 0 aliphatic carbocycles. The monoisotopic (exact) mass is 739 g/mol. The van der Waals surface area contributed by atoms with Crippen molar-refractivity contribution in [2.75, 3.05) is 4.90 Å². The van der Waals surface area contributed by atoms with Crippen LogP contribution < -0.4 is 4.90 Å². The molecule has 2 nitrogen and oxygen atoms in total. The van der Waals surface area contributed by atoms with Crippen molar-refractivity contribution in [2.45, 2.75) is 0 Å². The third-order valence-electron chi connectivity index (χ3n) is 11.5. The van der Waals surface area contributed by atoms with E-state index in [0.717, 1.165) is 55.7 Å². The molecule has 0 spiro atoms. The summed E-state index contributed by atoms with van der Waals surface area (Å²) in [6, 6.07) is 80.7. The molecule has 0 aliphatic rings. The summed E-state index contributed by atoms with van der Waals surface area (Å²) in [5.41, 5.74) is 14.3.